The zero-order valence-electron chi connectivity index (χ0n) is 7.94. The predicted molar refractivity (Wildman–Crippen MR) is 72.4 cm³/mol. The lowest BCUT2D eigenvalue weighted by molar-refractivity contribution is 1.42. The van der Waals surface area contributed by atoms with E-state index in [-0.39, 0.29) is 0 Å². The Morgan fingerprint density at radius 3 is 2.73 bits per heavy atom. The number of hydrogen-bond donors (Lipinski definition) is 1. The third-order valence-corrected chi connectivity index (χ3v) is 5.19. The first-order valence-corrected chi connectivity index (χ1v) is 7.12. The van der Waals surface area contributed by atoms with Gasteiger partial charge in [0.15, 0.2) is 0 Å². The van der Waals surface area contributed by atoms with Gasteiger partial charge in [-0.1, -0.05) is 12.1 Å². The number of nitrogens with two attached hydrogens (primary N) is 1. The second kappa shape index (κ2) is 5.05. The van der Waals surface area contributed by atoms with Crippen molar-refractivity contribution >= 4 is 44.7 Å². The van der Waals surface area contributed by atoms with Gasteiger partial charge in [0.05, 0.1) is 0 Å². The summed E-state index contributed by atoms with van der Waals surface area (Å²) in [6.07, 6.45) is 0. The van der Waals surface area contributed by atoms with E-state index in [1.54, 1.807) is 23.1 Å². The number of thioether (sulfide) groups is 1. The van der Waals surface area contributed by atoms with Crippen molar-refractivity contribution in [3.05, 3.63) is 45.1 Å². The molecule has 0 amide bonds. The van der Waals surface area contributed by atoms with Crippen molar-refractivity contribution in [2.75, 3.05) is 5.73 Å². The molecule has 4 heteroatoms. The van der Waals surface area contributed by atoms with E-state index in [4.69, 9.17) is 5.73 Å². The quantitative estimate of drug-likeness (QED) is 0.672. The molecule has 15 heavy (non-hydrogen) atoms. The maximum atomic E-state index is 5.87. The molecule has 2 N–H and O–H groups in total. The van der Waals surface area contributed by atoms with Gasteiger partial charge in [-0.05, 0) is 39.5 Å². The standard InChI is InChI=1S/C11H10BrNS2/c12-8-5-6-14-11(8)7-15-10-4-2-1-3-9(10)13/h1-6H,7,13H2. The van der Waals surface area contributed by atoms with Crippen molar-refractivity contribution in [1.29, 1.82) is 0 Å². The van der Waals surface area contributed by atoms with Gasteiger partial charge in [0.1, 0.15) is 0 Å². The van der Waals surface area contributed by atoms with Crippen LogP contribution in [0.15, 0.2) is 45.1 Å². The van der Waals surface area contributed by atoms with Crippen LogP contribution in [0.4, 0.5) is 5.69 Å². The average molecular weight is 300 g/mol. The molecule has 0 fully saturated rings. The molecular formula is C11H10BrNS2. The van der Waals surface area contributed by atoms with E-state index in [0.29, 0.717) is 0 Å². The van der Waals surface area contributed by atoms with Crippen molar-refractivity contribution in [3.8, 4) is 0 Å². The van der Waals surface area contributed by atoms with Gasteiger partial charge in [0.25, 0.3) is 0 Å². The molecule has 0 radical (unpaired) electrons. The molecule has 0 bridgehead atoms. The second-order valence-electron chi connectivity index (χ2n) is 3.02. The molecule has 0 spiro atoms. The van der Waals surface area contributed by atoms with E-state index >= 15 is 0 Å². The number of halogens is 1. The normalized spacial score (nSPS) is 10.5. The van der Waals surface area contributed by atoms with E-state index in [0.717, 1.165) is 16.3 Å². The summed E-state index contributed by atoms with van der Waals surface area (Å²) in [5, 5.41) is 2.09. The Bertz CT molecular complexity index is 453. The van der Waals surface area contributed by atoms with E-state index in [2.05, 4.69) is 33.4 Å². The lowest BCUT2D eigenvalue weighted by Gasteiger charge is -2.03. The molecule has 0 saturated heterocycles. The minimum absolute atomic E-state index is 0.857. The Morgan fingerprint density at radius 1 is 1.27 bits per heavy atom. The van der Waals surface area contributed by atoms with Gasteiger partial charge in [-0.25, -0.2) is 0 Å². The van der Waals surface area contributed by atoms with E-state index in [9.17, 15) is 0 Å². The molecular weight excluding hydrogens is 290 g/mol. The number of nitrogen functional groups attached to an aromatic ring is 1. The molecule has 0 aliphatic carbocycles. The monoisotopic (exact) mass is 299 g/mol. The number of thiophene rings is 1. The number of para-hydroxylation sites is 1. The molecule has 1 aromatic heterocycles. The van der Waals surface area contributed by atoms with Crippen LogP contribution in [0.3, 0.4) is 0 Å². The summed E-state index contributed by atoms with van der Waals surface area (Å²) in [7, 11) is 0. The minimum atomic E-state index is 0.857. The van der Waals surface area contributed by atoms with E-state index < -0.39 is 0 Å². The third-order valence-electron chi connectivity index (χ3n) is 1.97. The van der Waals surface area contributed by atoms with Crippen molar-refractivity contribution in [1.82, 2.24) is 0 Å². The molecule has 2 aromatic rings. The second-order valence-corrected chi connectivity index (χ2v) is 5.89. The average Bonchev–Trinajstić information content (AvgIpc) is 2.63. The summed E-state index contributed by atoms with van der Waals surface area (Å²) < 4.78 is 1.19. The van der Waals surface area contributed by atoms with Crippen molar-refractivity contribution < 1.29 is 0 Å². The summed E-state index contributed by atoms with van der Waals surface area (Å²) in [6, 6.07) is 10.0. The number of hydrogen-bond acceptors (Lipinski definition) is 3. The van der Waals surface area contributed by atoms with Crippen LogP contribution in [0.5, 0.6) is 0 Å². The molecule has 2 rings (SSSR count). The van der Waals surface area contributed by atoms with Gasteiger partial charge in [0.2, 0.25) is 0 Å². The van der Waals surface area contributed by atoms with Crippen molar-refractivity contribution in [2.45, 2.75) is 10.6 Å². The largest absolute Gasteiger partial charge is 0.398 e. The molecule has 78 valence electrons. The molecule has 0 unspecified atom stereocenters. The minimum Gasteiger partial charge on any atom is -0.398 e. The van der Waals surface area contributed by atoms with Gasteiger partial charge in [-0.2, -0.15) is 0 Å². The summed E-state index contributed by atoms with van der Waals surface area (Å²) in [4.78, 5) is 2.50. The number of rotatable bonds is 3. The van der Waals surface area contributed by atoms with Gasteiger partial charge in [-0.15, -0.1) is 23.1 Å². The Kier molecular flexibility index (Phi) is 3.72. The maximum absolute atomic E-state index is 5.87. The van der Waals surface area contributed by atoms with Crippen LogP contribution >= 0.6 is 39.0 Å². The molecule has 0 aliphatic rings. The first kappa shape index (κ1) is 11.0. The zero-order valence-corrected chi connectivity index (χ0v) is 11.2. The maximum Gasteiger partial charge on any atom is 0.0452 e. The van der Waals surface area contributed by atoms with Gasteiger partial charge >= 0.3 is 0 Å². The SMILES string of the molecule is Nc1ccccc1SCc1sccc1Br. The lowest BCUT2D eigenvalue weighted by Crippen LogP contribution is -1.87. The smallest absolute Gasteiger partial charge is 0.0452 e. The Balaban J connectivity index is 2.06. The molecule has 1 heterocycles. The van der Waals surface area contributed by atoms with Crippen molar-refractivity contribution in [2.24, 2.45) is 0 Å². The fourth-order valence-electron chi connectivity index (χ4n) is 1.18. The van der Waals surface area contributed by atoms with Crippen LogP contribution in [0.2, 0.25) is 0 Å². The summed E-state index contributed by atoms with van der Waals surface area (Å²) in [5.41, 5.74) is 6.73. The van der Waals surface area contributed by atoms with Crippen LogP contribution in [0, 0.1) is 0 Å². The first-order chi connectivity index (χ1) is 7.27. The van der Waals surface area contributed by atoms with Crippen LogP contribution < -0.4 is 5.73 Å². The molecule has 0 atom stereocenters. The van der Waals surface area contributed by atoms with Crippen LogP contribution in [-0.2, 0) is 5.75 Å². The number of anilines is 1. The fourth-order valence-corrected chi connectivity index (χ4v) is 3.95. The molecule has 1 aromatic carbocycles. The fraction of sp³-hybridized carbons (Fsp3) is 0.0909. The van der Waals surface area contributed by atoms with Gasteiger partial charge in [-0.3, -0.25) is 0 Å². The highest BCUT2D eigenvalue weighted by Gasteiger charge is 2.03. The lowest BCUT2D eigenvalue weighted by atomic mass is 10.3. The Labute approximate surface area is 106 Å². The molecule has 0 aliphatic heterocycles. The zero-order chi connectivity index (χ0) is 10.7. The topological polar surface area (TPSA) is 26.0 Å². The highest BCUT2D eigenvalue weighted by atomic mass is 79.9. The molecule has 1 nitrogen and oxygen atoms in total. The Morgan fingerprint density at radius 2 is 2.07 bits per heavy atom. The third kappa shape index (κ3) is 2.77. The molecule has 0 saturated carbocycles. The summed E-state index contributed by atoms with van der Waals surface area (Å²) in [5.74, 6) is 0.965. The van der Waals surface area contributed by atoms with Gasteiger partial charge < -0.3 is 5.73 Å². The summed E-state index contributed by atoms with van der Waals surface area (Å²) >= 11 is 7.06. The van der Waals surface area contributed by atoms with Crippen LogP contribution in [0.1, 0.15) is 4.88 Å². The van der Waals surface area contributed by atoms with E-state index in [1.165, 1.54) is 9.35 Å². The predicted octanol–water partition coefficient (Wildman–Crippen LogP) is 4.39. The summed E-state index contributed by atoms with van der Waals surface area (Å²) in [6.45, 7) is 0. The van der Waals surface area contributed by atoms with Crippen LogP contribution in [-0.4, -0.2) is 0 Å². The highest BCUT2D eigenvalue weighted by molar-refractivity contribution is 9.10. The first-order valence-electron chi connectivity index (χ1n) is 4.46. The van der Waals surface area contributed by atoms with Gasteiger partial charge in [0, 0.05) is 25.7 Å². The van der Waals surface area contributed by atoms with Crippen LogP contribution in [0.25, 0.3) is 0 Å². The highest BCUT2D eigenvalue weighted by Crippen LogP contribution is 2.32. The van der Waals surface area contributed by atoms with E-state index in [1.807, 2.05) is 18.2 Å². The number of benzene rings is 1. The Hall–Kier alpha value is -0.450. The van der Waals surface area contributed by atoms with Crippen molar-refractivity contribution in [3.63, 3.8) is 0 Å².